The number of hydrogen-bond acceptors (Lipinski definition) is 6. The van der Waals surface area contributed by atoms with Crippen LogP contribution in [-0.2, 0) is 19.6 Å². The number of benzene rings is 2. The maximum Gasteiger partial charge on any atom is 0.262 e. The third-order valence-corrected chi connectivity index (χ3v) is 7.04. The van der Waals surface area contributed by atoms with E-state index in [2.05, 4.69) is 5.32 Å². The van der Waals surface area contributed by atoms with Crippen LogP contribution in [0.4, 0.5) is 15.8 Å². The average molecular weight is 466 g/mol. The highest BCUT2D eigenvalue weighted by Crippen LogP contribution is 2.30. The van der Waals surface area contributed by atoms with Gasteiger partial charge >= 0.3 is 0 Å². The molecule has 2 aromatic rings. The topological polar surface area (TPSA) is 88.2 Å². The first-order valence-electron chi connectivity index (χ1n) is 10.5. The molecule has 32 heavy (non-hydrogen) atoms. The highest BCUT2D eigenvalue weighted by Gasteiger charge is 2.27. The van der Waals surface area contributed by atoms with Gasteiger partial charge in [0.05, 0.1) is 29.5 Å². The van der Waals surface area contributed by atoms with Crippen LogP contribution in [0.1, 0.15) is 13.8 Å². The summed E-state index contributed by atoms with van der Waals surface area (Å²) in [5.74, 6) is -1.12. The second kappa shape index (κ2) is 10.8. The molecule has 0 unspecified atom stereocenters. The molecule has 0 radical (unpaired) electrons. The lowest BCUT2D eigenvalue weighted by atomic mass is 10.2. The number of sulfonamides is 1. The molecule has 0 aromatic heterocycles. The molecule has 1 saturated heterocycles. The Labute approximate surface area is 188 Å². The van der Waals surface area contributed by atoms with Gasteiger partial charge in [-0.15, -0.1) is 0 Å². The Kier molecular flexibility index (Phi) is 8.05. The molecule has 0 saturated carbocycles. The quantitative estimate of drug-likeness (QED) is 0.613. The predicted octanol–water partition coefficient (Wildman–Crippen LogP) is 2.71. The highest BCUT2D eigenvalue weighted by molar-refractivity contribution is 7.89. The molecule has 8 nitrogen and oxygen atoms in total. The van der Waals surface area contributed by atoms with Crippen LogP contribution in [0.25, 0.3) is 0 Å². The number of carbonyl (C=O) groups is 1. The number of para-hydroxylation sites is 1. The summed E-state index contributed by atoms with van der Waals surface area (Å²) in [7, 11) is -3.73. The van der Waals surface area contributed by atoms with Crippen LogP contribution in [0, 0.1) is 5.82 Å². The first-order valence-corrected chi connectivity index (χ1v) is 11.9. The Hall–Kier alpha value is -2.69. The number of rotatable bonds is 9. The van der Waals surface area contributed by atoms with Gasteiger partial charge in [0.25, 0.3) is 5.91 Å². The Morgan fingerprint density at radius 1 is 1.16 bits per heavy atom. The molecule has 1 heterocycles. The van der Waals surface area contributed by atoms with E-state index in [1.165, 1.54) is 28.6 Å². The molecule has 1 N–H and O–H groups in total. The van der Waals surface area contributed by atoms with Gasteiger partial charge in [-0.25, -0.2) is 12.8 Å². The maximum atomic E-state index is 13.7. The van der Waals surface area contributed by atoms with Crippen LogP contribution in [0.15, 0.2) is 47.4 Å². The molecular weight excluding hydrogens is 437 g/mol. The van der Waals surface area contributed by atoms with Crippen molar-refractivity contribution in [1.29, 1.82) is 0 Å². The summed E-state index contributed by atoms with van der Waals surface area (Å²) in [6.45, 7) is 6.09. The molecule has 2 aromatic carbocycles. The van der Waals surface area contributed by atoms with Gasteiger partial charge in [-0.05, 0) is 44.2 Å². The fourth-order valence-corrected chi connectivity index (χ4v) is 4.88. The van der Waals surface area contributed by atoms with Crippen molar-refractivity contribution in [2.45, 2.75) is 18.7 Å². The van der Waals surface area contributed by atoms with Crippen molar-refractivity contribution in [1.82, 2.24) is 4.31 Å². The molecule has 3 rings (SSSR count). The van der Waals surface area contributed by atoms with Gasteiger partial charge in [-0.3, -0.25) is 4.79 Å². The monoisotopic (exact) mass is 465 g/mol. The van der Waals surface area contributed by atoms with Crippen LogP contribution < -0.4 is 15.0 Å². The second-order valence-electron chi connectivity index (χ2n) is 7.13. The number of ether oxygens (including phenoxy) is 2. The number of anilines is 2. The molecular formula is C22H28FN3O5S. The summed E-state index contributed by atoms with van der Waals surface area (Å²) >= 11 is 0. The van der Waals surface area contributed by atoms with E-state index < -0.39 is 28.4 Å². The summed E-state index contributed by atoms with van der Waals surface area (Å²) in [4.78, 5) is 14.6. The lowest BCUT2D eigenvalue weighted by Gasteiger charge is -2.28. The molecule has 0 spiro atoms. The lowest BCUT2D eigenvalue weighted by molar-refractivity contribution is -0.118. The van der Waals surface area contributed by atoms with Gasteiger partial charge in [0.15, 0.2) is 18.2 Å². The van der Waals surface area contributed by atoms with E-state index in [0.29, 0.717) is 37.7 Å². The van der Waals surface area contributed by atoms with E-state index in [0.717, 1.165) is 0 Å². The van der Waals surface area contributed by atoms with Crippen LogP contribution >= 0.6 is 0 Å². The van der Waals surface area contributed by atoms with E-state index in [1.54, 1.807) is 18.2 Å². The van der Waals surface area contributed by atoms with Crippen LogP contribution in [0.5, 0.6) is 5.75 Å². The number of morpholine rings is 1. The van der Waals surface area contributed by atoms with Crippen LogP contribution in [0.2, 0.25) is 0 Å². The minimum absolute atomic E-state index is 0.0322. The fourth-order valence-electron chi connectivity index (χ4n) is 3.44. The first-order chi connectivity index (χ1) is 15.4. The van der Waals surface area contributed by atoms with Crippen molar-refractivity contribution in [3.63, 3.8) is 0 Å². The van der Waals surface area contributed by atoms with Gasteiger partial charge in [0.2, 0.25) is 10.0 Å². The predicted molar refractivity (Wildman–Crippen MR) is 120 cm³/mol. The highest BCUT2D eigenvalue weighted by atomic mass is 32.2. The van der Waals surface area contributed by atoms with Gasteiger partial charge in [-0.2, -0.15) is 4.31 Å². The van der Waals surface area contributed by atoms with E-state index in [1.807, 2.05) is 18.7 Å². The molecule has 10 heteroatoms. The van der Waals surface area contributed by atoms with Crippen molar-refractivity contribution in [2.75, 3.05) is 56.2 Å². The number of hydrogen-bond donors (Lipinski definition) is 1. The zero-order valence-corrected chi connectivity index (χ0v) is 19.0. The van der Waals surface area contributed by atoms with E-state index in [-0.39, 0.29) is 23.7 Å². The lowest BCUT2D eigenvalue weighted by Crippen LogP contribution is -2.40. The number of carbonyl (C=O) groups excluding carboxylic acids is 1. The van der Waals surface area contributed by atoms with Crippen molar-refractivity contribution in [2.24, 2.45) is 0 Å². The summed E-state index contributed by atoms with van der Waals surface area (Å²) in [5.41, 5.74) is 1.04. The molecule has 0 atom stereocenters. The standard InChI is InChI=1S/C22H28FN3O5S/c1-3-25(4-2)20-10-9-17(32(28,29)26-11-13-30-14-12-26)15-19(20)24-22(27)16-31-21-8-6-5-7-18(21)23/h5-10,15H,3-4,11-14,16H2,1-2H3,(H,24,27). The third-order valence-electron chi connectivity index (χ3n) is 5.15. The first kappa shape index (κ1) is 24.0. The van der Waals surface area contributed by atoms with E-state index in [9.17, 15) is 17.6 Å². The zero-order chi connectivity index (χ0) is 23.1. The number of halogens is 1. The number of amides is 1. The number of nitrogens with zero attached hydrogens (tertiary/aromatic N) is 2. The van der Waals surface area contributed by atoms with E-state index >= 15 is 0 Å². The SMILES string of the molecule is CCN(CC)c1ccc(S(=O)(=O)N2CCOCC2)cc1NC(=O)COc1ccccc1F. The molecule has 1 aliphatic rings. The Morgan fingerprint density at radius 3 is 2.50 bits per heavy atom. The minimum atomic E-state index is -3.73. The van der Waals surface area contributed by atoms with Gasteiger partial charge in [0, 0.05) is 26.2 Å². The van der Waals surface area contributed by atoms with Gasteiger partial charge in [-0.1, -0.05) is 12.1 Å². The van der Waals surface area contributed by atoms with Crippen LogP contribution in [-0.4, -0.2) is 64.6 Å². The molecule has 1 aliphatic heterocycles. The Bertz CT molecular complexity index is 1040. The summed E-state index contributed by atoms with van der Waals surface area (Å²) in [6, 6.07) is 10.5. The molecule has 0 aliphatic carbocycles. The molecule has 0 bridgehead atoms. The second-order valence-corrected chi connectivity index (χ2v) is 9.07. The van der Waals surface area contributed by atoms with Crippen molar-refractivity contribution in [3.05, 3.63) is 48.3 Å². The zero-order valence-electron chi connectivity index (χ0n) is 18.2. The Morgan fingerprint density at radius 2 is 1.84 bits per heavy atom. The fraction of sp³-hybridized carbons (Fsp3) is 0.409. The minimum Gasteiger partial charge on any atom is -0.481 e. The normalized spacial score (nSPS) is 14.7. The van der Waals surface area contributed by atoms with Crippen molar-refractivity contribution >= 4 is 27.3 Å². The third kappa shape index (κ3) is 5.56. The molecule has 1 fully saturated rings. The summed E-state index contributed by atoms with van der Waals surface area (Å²) < 4.78 is 51.8. The average Bonchev–Trinajstić information content (AvgIpc) is 2.80. The smallest absolute Gasteiger partial charge is 0.262 e. The van der Waals surface area contributed by atoms with Crippen molar-refractivity contribution < 1.29 is 27.1 Å². The van der Waals surface area contributed by atoms with Crippen LogP contribution in [0.3, 0.4) is 0 Å². The summed E-state index contributed by atoms with van der Waals surface area (Å²) in [6.07, 6.45) is 0. The van der Waals surface area contributed by atoms with Crippen molar-refractivity contribution in [3.8, 4) is 5.75 Å². The van der Waals surface area contributed by atoms with E-state index in [4.69, 9.17) is 9.47 Å². The van der Waals surface area contributed by atoms with Gasteiger partial charge in [0.1, 0.15) is 0 Å². The molecule has 1 amide bonds. The Balaban J connectivity index is 1.84. The molecule has 174 valence electrons. The van der Waals surface area contributed by atoms with Gasteiger partial charge < -0.3 is 19.7 Å². The maximum absolute atomic E-state index is 13.7. The summed E-state index contributed by atoms with van der Waals surface area (Å²) in [5, 5.41) is 2.73. The largest absolute Gasteiger partial charge is 0.481 e. The number of nitrogens with one attached hydrogen (secondary N) is 1.